The minimum atomic E-state index is -4.66. The third kappa shape index (κ3) is 2.11. The number of nitrogens with zero attached hydrogens (tertiary/aromatic N) is 1. The van der Waals surface area contributed by atoms with E-state index in [4.69, 9.17) is 0 Å². The number of aryl methyl sites for hydroxylation is 1. The predicted molar refractivity (Wildman–Crippen MR) is 44.3 cm³/mol. The van der Waals surface area contributed by atoms with Crippen molar-refractivity contribution < 1.29 is 22.7 Å². The van der Waals surface area contributed by atoms with Gasteiger partial charge in [-0.15, -0.1) is 0 Å². The van der Waals surface area contributed by atoms with Gasteiger partial charge in [-0.05, 0) is 6.42 Å². The number of ether oxygens (including phenoxy) is 1. The topological polar surface area (TPSA) is 55.0 Å². The van der Waals surface area contributed by atoms with Gasteiger partial charge in [0.15, 0.2) is 5.69 Å². The highest BCUT2D eigenvalue weighted by atomic mass is 19.4. The zero-order valence-electron chi connectivity index (χ0n) is 8.10. The fourth-order valence-electron chi connectivity index (χ4n) is 1.16. The number of methoxy groups -OCH3 is 1. The summed E-state index contributed by atoms with van der Waals surface area (Å²) in [5, 5.41) is 5.25. The maximum absolute atomic E-state index is 12.4. The number of aromatic nitrogens is 2. The van der Waals surface area contributed by atoms with Crippen molar-refractivity contribution in [2.75, 3.05) is 7.11 Å². The summed E-state index contributed by atoms with van der Waals surface area (Å²) in [7, 11) is 1.02. The quantitative estimate of drug-likeness (QED) is 0.776. The third-order valence-electron chi connectivity index (χ3n) is 1.85. The molecule has 0 fully saturated rings. The lowest BCUT2D eigenvalue weighted by molar-refractivity contribution is -0.141. The summed E-state index contributed by atoms with van der Waals surface area (Å²) in [6.45, 7) is 1.61. The first-order valence-corrected chi connectivity index (χ1v) is 4.14. The Morgan fingerprint density at radius 3 is 2.53 bits per heavy atom. The number of alkyl halides is 3. The van der Waals surface area contributed by atoms with E-state index in [0.717, 1.165) is 7.11 Å². The normalized spacial score (nSPS) is 11.5. The fraction of sp³-hybridized carbons (Fsp3) is 0.500. The maximum Gasteiger partial charge on any atom is 0.436 e. The molecule has 0 bridgehead atoms. The minimum absolute atomic E-state index is 0.120. The molecule has 15 heavy (non-hydrogen) atoms. The Morgan fingerprint density at radius 2 is 2.13 bits per heavy atom. The Bertz CT molecular complexity index is 370. The average molecular weight is 222 g/mol. The van der Waals surface area contributed by atoms with Crippen molar-refractivity contribution in [3.05, 3.63) is 17.0 Å². The SMILES string of the molecule is CCc1[nH]nc(C(F)(F)F)c1C(=O)OC. The second kappa shape index (κ2) is 3.92. The van der Waals surface area contributed by atoms with E-state index in [1.165, 1.54) is 0 Å². The Balaban J connectivity index is 3.30. The van der Waals surface area contributed by atoms with Crippen LogP contribution in [0.15, 0.2) is 0 Å². The fourth-order valence-corrected chi connectivity index (χ4v) is 1.16. The number of H-pyrrole nitrogens is 1. The van der Waals surface area contributed by atoms with Crippen molar-refractivity contribution >= 4 is 5.97 Å². The van der Waals surface area contributed by atoms with Gasteiger partial charge >= 0.3 is 12.1 Å². The molecule has 0 atom stereocenters. The second-order valence-electron chi connectivity index (χ2n) is 2.77. The lowest BCUT2D eigenvalue weighted by atomic mass is 10.1. The van der Waals surface area contributed by atoms with Gasteiger partial charge in [-0.25, -0.2) is 4.79 Å². The molecular weight excluding hydrogens is 213 g/mol. The molecule has 1 aromatic heterocycles. The number of nitrogens with one attached hydrogen (secondary N) is 1. The largest absolute Gasteiger partial charge is 0.465 e. The van der Waals surface area contributed by atoms with E-state index < -0.39 is 23.4 Å². The van der Waals surface area contributed by atoms with Gasteiger partial charge in [0.2, 0.25) is 0 Å². The molecule has 1 aromatic rings. The second-order valence-corrected chi connectivity index (χ2v) is 2.77. The molecule has 0 unspecified atom stereocenters. The molecular formula is C8H9F3N2O2. The van der Waals surface area contributed by atoms with Crippen molar-refractivity contribution in [3.8, 4) is 0 Å². The van der Waals surface area contributed by atoms with Crippen molar-refractivity contribution in [1.82, 2.24) is 10.2 Å². The van der Waals surface area contributed by atoms with Crippen LogP contribution in [0.4, 0.5) is 13.2 Å². The summed E-state index contributed by atoms with van der Waals surface area (Å²) in [6, 6.07) is 0. The van der Waals surface area contributed by atoms with Crippen molar-refractivity contribution in [3.63, 3.8) is 0 Å². The van der Waals surface area contributed by atoms with Gasteiger partial charge < -0.3 is 4.74 Å². The zero-order valence-corrected chi connectivity index (χ0v) is 8.10. The summed E-state index contributed by atoms with van der Waals surface area (Å²) in [4.78, 5) is 11.1. The monoisotopic (exact) mass is 222 g/mol. The van der Waals surface area contributed by atoms with Gasteiger partial charge in [0.25, 0.3) is 0 Å². The first-order valence-electron chi connectivity index (χ1n) is 4.14. The van der Waals surface area contributed by atoms with Crippen molar-refractivity contribution in [2.24, 2.45) is 0 Å². The Labute approximate surface area is 83.4 Å². The van der Waals surface area contributed by atoms with E-state index in [-0.39, 0.29) is 12.1 Å². The molecule has 1 rings (SSSR count). The standard InChI is InChI=1S/C8H9F3N2O2/c1-3-4-5(7(14)15-2)6(13-12-4)8(9,10)11/h3H2,1-2H3,(H,12,13). The molecule has 0 aliphatic heterocycles. The minimum Gasteiger partial charge on any atom is -0.465 e. The van der Waals surface area contributed by atoms with Crippen LogP contribution in [0.2, 0.25) is 0 Å². The van der Waals surface area contributed by atoms with Gasteiger partial charge in [-0.2, -0.15) is 18.3 Å². The summed E-state index contributed by atoms with van der Waals surface area (Å²) in [5.74, 6) is -1.03. The molecule has 0 amide bonds. The molecule has 0 radical (unpaired) electrons. The van der Waals surface area contributed by atoms with Crippen LogP contribution in [0.25, 0.3) is 0 Å². The third-order valence-corrected chi connectivity index (χ3v) is 1.85. The number of aromatic amines is 1. The van der Waals surface area contributed by atoms with Gasteiger partial charge in [0.1, 0.15) is 5.56 Å². The van der Waals surface area contributed by atoms with E-state index in [9.17, 15) is 18.0 Å². The van der Waals surface area contributed by atoms with Crippen LogP contribution in [0.1, 0.15) is 28.7 Å². The number of carbonyl (C=O) groups is 1. The van der Waals surface area contributed by atoms with Crippen LogP contribution in [-0.4, -0.2) is 23.3 Å². The Kier molecular flexibility index (Phi) is 3.01. The molecule has 0 saturated carbocycles. The first-order chi connectivity index (χ1) is 6.91. The van der Waals surface area contributed by atoms with E-state index >= 15 is 0 Å². The van der Waals surface area contributed by atoms with Crippen LogP contribution in [0, 0.1) is 0 Å². The number of carbonyl (C=O) groups excluding carboxylic acids is 1. The van der Waals surface area contributed by atoms with Gasteiger partial charge in [-0.3, -0.25) is 5.10 Å². The van der Waals surface area contributed by atoms with Crippen molar-refractivity contribution in [1.29, 1.82) is 0 Å². The lowest BCUT2D eigenvalue weighted by Gasteiger charge is -2.05. The lowest BCUT2D eigenvalue weighted by Crippen LogP contribution is -2.14. The summed E-state index contributed by atoms with van der Waals surface area (Å²) in [5.41, 5.74) is -1.65. The van der Waals surface area contributed by atoms with Crippen LogP contribution >= 0.6 is 0 Å². The van der Waals surface area contributed by atoms with Gasteiger partial charge in [0, 0.05) is 0 Å². The van der Waals surface area contributed by atoms with E-state index in [2.05, 4.69) is 14.9 Å². The zero-order chi connectivity index (χ0) is 11.6. The molecule has 4 nitrogen and oxygen atoms in total. The molecule has 0 spiro atoms. The van der Waals surface area contributed by atoms with E-state index in [1.807, 2.05) is 0 Å². The summed E-state index contributed by atoms with van der Waals surface area (Å²) >= 11 is 0. The number of hydrogen-bond acceptors (Lipinski definition) is 3. The highest BCUT2D eigenvalue weighted by molar-refractivity contribution is 5.92. The molecule has 84 valence electrons. The molecule has 7 heteroatoms. The number of halogens is 3. The number of hydrogen-bond donors (Lipinski definition) is 1. The Hall–Kier alpha value is -1.53. The first kappa shape index (κ1) is 11.5. The summed E-state index contributed by atoms with van der Waals surface area (Å²) < 4.78 is 41.5. The number of esters is 1. The molecule has 0 aromatic carbocycles. The highest BCUT2D eigenvalue weighted by Crippen LogP contribution is 2.32. The molecule has 0 saturated heterocycles. The average Bonchev–Trinajstić information content (AvgIpc) is 2.59. The molecule has 1 N–H and O–H groups in total. The molecule has 1 heterocycles. The molecule has 0 aliphatic rings. The van der Waals surface area contributed by atoms with Crippen LogP contribution < -0.4 is 0 Å². The van der Waals surface area contributed by atoms with Crippen LogP contribution in [0.3, 0.4) is 0 Å². The van der Waals surface area contributed by atoms with Crippen LogP contribution in [0.5, 0.6) is 0 Å². The molecule has 0 aliphatic carbocycles. The Morgan fingerprint density at radius 1 is 1.53 bits per heavy atom. The van der Waals surface area contributed by atoms with Crippen LogP contribution in [-0.2, 0) is 17.3 Å². The van der Waals surface area contributed by atoms with Gasteiger partial charge in [0.05, 0.1) is 12.8 Å². The maximum atomic E-state index is 12.4. The number of rotatable bonds is 2. The van der Waals surface area contributed by atoms with E-state index in [0.29, 0.717) is 0 Å². The van der Waals surface area contributed by atoms with E-state index in [1.54, 1.807) is 6.92 Å². The smallest absolute Gasteiger partial charge is 0.436 e. The van der Waals surface area contributed by atoms with Gasteiger partial charge in [-0.1, -0.05) is 6.92 Å². The summed E-state index contributed by atoms with van der Waals surface area (Å²) in [6.07, 6.45) is -4.42. The highest BCUT2D eigenvalue weighted by Gasteiger charge is 2.40. The predicted octanol–water partition coefficient (Wildman–Crippen LogP) is 1.78. The van der Waals surface area contributed by atoms with Crippen molar-refractivity contribution in [2.45, 2.75) is 19.5 Å².